The van der Waals surface area contributed by atoms with E-state index in [0.717, 1.165) is 6.54 Å². The van der Waals surface area contributed by atoms with Crippen molar-refractivity contribution in [2.75, 3.05) is 19.6 Å². The van der Waals surface area contributed by atoms with Crippen LogP contribution in [0.2, 0.25) is 0 Å². The molecule has 70 valence electrons. The highest BCUT2D eigenvalue weighted by Crippen LogP contribution is 2.38. The number of hydrazine groups is 1. The van der Waals surface area contributed by atoms with Gasteiger partial charge in [-0.3, -0.25) is 16.2 Å². The van der Waals surface area contributed by atoms with Crippen LogP contribution < -0.4 is 11.3 Å². The molecule has 1 aliphatic carbocycles. The standard InChI is InChI=1S/C9H19N3/c10-11-8-9(4-3-5-9)12-6-1-2-7-12/h11H,1-8,10H2. The average molecular weight is 169 g/mol. The van der Waals surface area contributed by atoms with E-state index in [1.807, 2.05) is 0 Å². The summed E-state index contributed by atoms with van der Waals surface area (Å²) in [5.74, 6) is 5.42. The predicted octanol–water partition coefficient (Wildman–Crippen LogP) is 0.468. The number of nitrogens with one attached hydrogen (secondary N) is 1. The highest BCUT2D eigenvalue weighted by Gasteiger charge is 2.42. The van der Waals surface area contributed by atoms with Crippen molar-refractivity contribution in [3.63, 3.8) is 0 Å². The van der Waals surface area contributed by atoms with Gasteiger partial charge >= 0.3 is 0 Å². The van der Waals surface area contributed by atoms with E-state index in [1.54, 1.807) is 0 Å². The number of likely N-dealkylation sites (tertiary alicyclic amines) is 1. The Bertz CT molecular complexity index is 148. The summed E-state index contributed by atoms with van der Waals surface area (Å²) in [7, 11) is 0. The van der Waals surface area contributed by atoms with Gasteiger partial charge in [0.05, 0.1) is 0 Å². The Labute approximate surface area is 74.3 Å². The number of hydrogen-bond donors (Lipinski definition) is 2. The molecule has 0 aromatic heterocycles. The van der Waals surface area contributed by atoms with Crippen LogP contribution in [0.1, 0.15) is 32.1 Å². The molecule has 12 heavy (non-hydrogen) atoms. The van der Waals surface area contributed by atoms with Gasteiger partial charge in [-0.05, 0) is 45.2 Å². The molecule has 0 spiro atoms. The van der Waals surface area contributed by atoms with Gasteiger partial charge in [-0.2, -0.15) is 0 Å². The molecule has 1 heterocycles. The van der Waals surface area contributed by atoms with E-state index in [1.165, 1.54) is 45.2 Å². The smallest absolute Gasteiger partial charge is 0.0347 e. The van der Waals surface area contributed by atoms with Gasteiger partial charge in [-0.1, -0.05) is 0 Å². The summed E-state index contributed by atoms with van der Waals surface area (Å²) < 4.78 is 0. The molecule has 0 amide bonds. The molecule has 0 aromatic carbocycles. The Hall–Kier alpha value is -0.120. The molecule has 0 atom stereocenters. The van der Waals surface area contributed by atoms with Crippen molar-refractivity contribution >= 4 is 0 Å². The normalized spacial score (nSPS) is 28.8. The van der Waals surface area contributed by atoms with Crippen molar-refractivity contribution in [1.82, 2.24) is 10.3 Å². The predicted molar refractivity (Wildman–Crippen MR) is 49.6 cm³/mol. The van der Waals surface area contributed by atoms with Crippen LogP contribution in [-0.2, 0) is 0 Å². The van der Waals surface area contributed by atoms with Gasteiger partial charge in [-0.15, -0.1) is 0 Å². The SMILES string of the molecule is NNCC1(N2CCCC2)CCC1. The van der Waals surface area contributed by atoms with Gasteiger partial charge < -0.3 is 0 Å². The highest BCUT2D eigenvalue weighted by atomic mass is 15.3. The summed E-state index contributed by atoms with van der Waals surface area (Å²) in [4.78, 5) is 2.64. The van der Waals surface area contributed by atoms with Gasteiger partial charge in [-0.25, -0.2) is 0 Å². The maximum atomic E-state index is 5.42. The van der Waals surface area contributed by atoms with E-state index < -0.39 is 0 Å². The summed E-state index contributed by atoms with van der Waals surface area (Å²) in [6.07, 6.45) is 6.84. The highest BCUT2D eigenvalue weighted by molar-refractivity contribution is 5.00. The molecule has 2 rings (SSSR count). The largest absolute Gasteiger partial charge is 0.296 e. The minimum atomic E-state index is 0.450. The van der Waals surface area contributed by atoms with E-state index in [-0.39, 0.29) is 0 Å². The van der Waals surface area contributed by atoms with Crippen LogP contribution in [0.4, 0.5) is 0 Å². The molecule has 3 N–H and O–H groups in total. The second-order valence-corrected chi connectivity index (χ2v) is 4.15. The summed E-state index contributed by atoms with van der Waals surface area (Å²) >= 11 is 0. The molecule has 1 saturated carbocycles. The number of hydrogen-bond acceptors (Lipinski definition) is 3. The molecule has 3 nitrogen and oxygen atoms in total. The van der Waals surface area contributed by atoms with E-state index in [4.69, 9.17) is 5.84 Å². The number of nitrogens with zero attached hydrogens (tertiary/aromatic N) is 1. The van der Waals surface area contributed by atoms with Crippen LogP contribution in [0.3, 0.4) is 0 Å². The van der Waals surface area contributed by atoms with Crippen LogP contribution in [0, 0.1) is 0 Å². The Morgan fingerprint density at radius 1 is 1.17 bits per heavy atom. The quantitative estimate of drug-likeness (QED) is 0.476. The van der Waals surface area contributed by atoms with Crippen molar-refractivity contribution in [3.8, 4) is 0 Å². The molecular formula is C9H19N3. The summed E-state index contributed by atoms with van der Waals surface area (Å²) in [5.41, 5.74) is 3.30. The maximum absolute atomic E-state index is 5.42. The molecule has 1 saturated heterocycles. The summed E-state index contributed by atoms with van der Waals surface area (Å²) in [6.45, 7) is 3.57. The topological polar surface area (TPSA) is 41.3 Å². The first-order chi connectivity index (χ1) is 5.87. The fourth-order valence-electron chi connectivity index (χ4n) is 2.57. The van der Waals surface area contributed by atoms with Crippen molar-refractivity contribution in [2.24, 2.45) is 5.84 Å². The van der Waals surface area contributed by atoms with Gasteiger partial charge in [0.15, 0.2) is 0 Å². The van der Waals surface area contributed by atoms with Crippen LogP contribution in [0.5, 0.6) is 0 Å². The lowest BCUT2D eigenvalue weighted by Crippen LogP contribution is -2.59. The third-order valence-corrected chi connectivity index (χ3v) is 3.49. The molecule has 2 aliphatic rings. The average Bonchev–Trinajstić information content (AvgIpc) is 2.48. The molecule has 0 radical (unpaired) electrons. The summed E-state index contributed by atoms with van der Waals surface area (Å²) in [6, 6.07) is 0. The molecule has 1 aliphatic heterocycles. The van der Waals surface area contributed by atoms with Crippen molar-refractivity contribution < 1.29 is 0 Å². The zero-order valence-corrected chi connectivity index (χ0v) is 7.68. The van der Waals surface area contributed by atoms with Crippen LogP contribution in [-0.4, -0.2) is 30.1 Å². The van der Waals surface area contributed by atoms with Crippen molar-refractivity contribution in [2.45, 2.75) is 37.6 Å². The van der Waals surface area contributed by atoms with Gasteiger partial charge in [0.25, 0.3) is 0 Å². The Morgan fingerprint density at radius 2 is 1.83 bits per heavy atom. The number of nitrogens with two attached hydrogens (primary N) is 1. The third kappa shape index (κ3) is 1.26. The van der Waals surface area contributed by atoms with E-state index in [9.17, 15) is 0 Å². The lowest BCUT2D eigenvalue weighted by atomic mass is 9.75. The molecule has 2 fully saturated rings. The molecule has 3 heteroatoms. The maximum Gasteiger partial charge on any atom is 0.0347 e. The van der Waals surface area contributed by atoms with Crippen LogP contribution >= 0.6 is 0 Å². The molecular weight excluding hydrogens is 150 g/mol. The zero-order valence-electron chi connectivity index (χ0n) is 7.68. The summed E-state index contributed by atoms with van der Waals surface area (Å²) in [5, 5.41) is 0. The van der Waals surface area contributed by atoms with Gasteiger partial charge in [0.1, 0.15) is 0 Å². The van der Waals surface area contributed by atoms with Gasteiger partial charge in [0.2, 0.25) is 0 Å². The Balaban J connectivity index is 1.95. The Morgan fingerprint density at radius 3 is 2.25 bits per heavy atom. The minimum Gasteiger partial charge on any atom is -0.296 e. The number of rotatable bonds is 3. The molecule has 0 unspecified atom stereocenters. The van der Waals surface area contributed by atoms with Crippen LogP contribution in [0.25, 0.3) is 0 Å². The second kappa shape index (κ2) is 3.32. The first-order valence-corrected chi connectivity index (χ1v) is 5.06. The minimum absolute atomic E-state index is 0.450. The van der Waals surface area contributed by atoms with Crippen LogP contribution in [0.15, 0.2) is 0 Å². The molecule has 0 bridgehead atoms. The third-order valence-electron chi connectivity index (χ3n) is 3.49. The lowest BCUT2D eigenvalue weighted by Gasteiger charge is -2.48. The molecule has 0 aromatic rings. The fourth-order valence-corrected chi connectivity index (χ4v) is 2.57. The van der Waals surface area contributed by atoms with E-state index in [2.05, 4.69) is 10.3 Å². The van der Waals surface area contributed by atoms with Crippen molar-refractivity contribution in [3.05, 3.63) is 0 Å². The zero-order chi connectivity index (χ0) is 8.44. The van der Waals surface area contributed by atoms with Gasteiger partial charge in [0, 0.05) is 12.1 Å². The van der Waals surface area contributed by atoms with Crippen molar-refractivity contribution in [1.29, 1.82) is 0 Å². The first kappa shape index (κ1) is 8.48. The van der Waals surface area contributed by atoms with E-state index >= 15 is 0 Å². The first-order valence-electron chi connectivity index (χ1n) is 5.06. The second-order valence-electron chi connectivity index (χ2n) is 4.15. The Kier molecular flexibility index (Phi) is 2.35. The lowest BCUT2D eigenvalue weighted by molar-refractivity contribution is 0.0363. The monoisotopic (exact) mass is 169 g/mol. The fraction of sp³-hybridized carbons (Fsp3) is 1.00. The van der Waals surface area contributed by atoms with E-state index in [0.29, 0.717) is 5.54 Å².